The fourth-order valence-electron chi connectivity index (χ4n) is 2.39. The molecule has 1 aliphatic heterocycles. The monoisotopic (exact) mass is 245 g/mol. The Kier molecular flexibility index (Phi) is 2.23. The Labute approximate surface area is 105 Å². The Hall–Kier alpha value is -1.69. The highest BCUT2D eigenvalue weighted by Gasteiger charge is 2.29. The van der Waals surface area contributed by atoms with Gasteiger partial charge in [0.05, 0.1) is 13.1 Å². The Morgan fingerprint density at radius 3 is 3.17 bits per heavy atom. The van der Waals surface area contributed by atoms with E-state index in [-0.39, 0.29) is 0 Å². The van der Waals surface area contributed by atoms with Gasteiger partial charge >= 0.3 is 0 Å². The molecule has 18 heavy (non-hydrogen) atoms. The lowest BCUT2D eigenvalue weighted by Crippen LogP contribution is -2.33. The first-order chi connectivity index (χ1) is 8.88. The van der Waals surface area contributed by atoms with Gasteiger partial charge in [-0.25, -0.2) is 4.98 Å². The summed E-state index contributed by atoms with van der Waals surface area (Å²) in [6, 6.07) is 0. The lowest BCUT2D eigenvalue weighted by Gasteiger charge is -2.25. The number of hydrogen-bond acceptors (Lipinski definition) is 5. The highest BCUT2D eigenvalue weighted by Crippen LogP contribution is 2.38. The van der Waals surface area contributed by atoms with Crippen LogP contribution in [0, 0.1) is 0 Å². The largest absolute Gasteiger partial charge is 0.338 e. The van der Waals surface area contributed by atoms with Crippen molar-refractivity contribution in [1.82, 2.24) is 24.6 Å². The quantitative estimate of drug-likeness (QED) is 0.812. The fourth-order valence-corrected chi connectivity index (χ4v) is 2.39. The molecule has 0 amide bonds. The summed E-state index contributed by atoms with van der Waals surface area (Å²) in [5.74, 6) is 3.30. The molecular formula is C12H15N5O. The third kappa shape index (κ3) is 1.82. The van der Waals surface area contributed by atoms with Crippen LogP contribution >= 0.6 is 0 Å². The lowest BCUT2D eigenvalue weighted by atomic mass is 10.3. The van der Waals surface area contributed by atoms with Crippen LogP contribution in [0.3, 0.4) is 0 Å². The second-order valence-electron chi connectivity index (χ2n) is 5.07. The number of aromatic nitrogens is 4. The maximum atomic E-state index is 5.31. The SMILES string of the molecule is c1cn2c(n1)CN(Cc1nc(C3CC3)no1)CC2. The molecule has 4 rings (SSSR count). The van der Waals surface area contributed by atoms with E-state index in [0.717, 1.165) is 43.7 Å². The van der Waals surface area contributed by atoms with Crippen molar-refractivity contribution in [2.24, 2.45) is 0 Å². The molecule has 0 unspecified atom stereocenters. The minimum Gasteiger partial charge on any atom is -0.338 e. The Balaban J connectivity index is 1.45. The summed E-state index contributed by atoms with van der Waals surface area (Å²) in [6.45, 7) is 3.57. The maximum Gasteiger partial charge on any atom is 0.240 e. The van der Waals surface area contributed by atoms with Crippen molar-refractivity contribution >= 4 is 0 Å². The van der Waals surface area contributed by atoms with E-state index in [1.54, 1.807) is 0 Å². The summed E-state index contributed by atoms with van der Waals surface area (Å²) in [7, 11) is 0. The second kappa shape index (κ2) is 3.91. The van der Waals surface area contributed by atoms with Gasteiger partial charge in [-0.1, -0.05) is 5.16 Å². The molecule has 0 N–H and O–H groups in total. The summed E-state index contributed by atoms with van der Waals surface area (Å²) in [5.41, 5.74) is 0. The van der Waals surface area contributed by atoms with Crippen LogP contribution in [0.2, 0.25) is 0 Å². The average Bonchev–Trinajstić information content (AvgIpc) is 2.95. The molecule has 94 valence electrons. The predicted octanol–water partition coefficient (Wildman–Crippen LogP) is 1.16. The molecule has 0 bridgehead atoms. The minimum atomic E-state index is 0.558. The van der Waals surface area contributed by atoms with Gasteiger partial charge in [0.1, 0.15) is 5.82 Å². The molecule has 0 atom stereocenters. The topological polar surface area (TPSA) is 60.0 Å². The molecule has 2 aromatic heterocycles. The zero-order valence-electron chi connectivity index (χ0n) is 10.1. The molecule has 6 nitrogen and oxygen atoms in total. The molecule has 6 heteroatoms. The van der Waals surface area contributed by atoms with Gasteiger partial charge in [-0.2, -0.15) is 4.98 Å². The van der Waals surface area contributed by atoms with Gasteiger partial charge in [0.25, 0.3) is 0 Å². The second-order valence-corrected chi connectivity index (χ2v) is 5.07. The summed E-state index contributed by atoms with van der Waals surface area (Å²) < 4.78 is 7.50. The van der Waals surface area contributed by atoms with Crippen LogP contribution in [0.1, 0.15) is 36.3 Å². The third-order valence-corrected chi connectivity index (χ3v) is 3.61. The van der Waals surface area contributed by atoms with E-state index >= 15 is 0 Å². The van der Waals surface area contributed by atoms with E-state index in [1.165, 1.54) is 12.8 Å². The fraction of sp³-hybridized carbons (Fsp3) is 0.583. The van der Waals surface area contributed by atoms with Crippen molar-refractivity contribution in [1.29, 1.82) is 0 Å². The zero-order chi connectivity index (χ0) is 11.9. The Morgan fingerprint density at radius 1 is 1.33 bits per heavy atom. The van der Waals surface area contributed by atoms with Crippen LogP contribution in [-0.2, 0) is 19.6 Å². The summed E-state index contributed by atoms with van der Waals surface area (Å²) in [4.78, 5) is 11.1. The normalized spacial score (nSPS) is 20.0. The maximum absolute atomic E-state index is 5.31. The molecule has 0 radical (unpaired) electrons. The van der Waals surface area contributed by atoms with Gasteiger partial charge in [0.15, 0.2) is 5.82 Å². The number of hydrogen-bond donors (Lipinski definition) is 0. The average molecular weight is 245 g/mol. The van der Waals surface area contributed by atoms with Gasteiger partial charge in [-0.3, -0.25) is 4.90 Å². The smallest absolute Gasteiger partial charge is 0.240 e. The van der Waals surface area contributed by atoms with Crippen LogP contribution in [-0.4, -0.2) is 31.1 Å². The van der Waals surface area contributed by atoms with Crippen molar-refractivity contribution in [3.8, 4) is 0 Å². The standard InChI is InChI=1S/C12H15N5O/c1-2-9(1)12-14-11(18-15-12)8-16-5-6-17-4-3-13-10(17)7-16/h3-4,9H,1-2,5-8H2. The van der Waals surface area contributed by atoms with Crippen molar-refractivity contribution in [2.75, 3.05) is 6.54 Å². The first-order valence-corrected chi connectivity index (χ1v) is 6.43. The molecule has 1 saturated carbocycles. The zero-order valence-corrected chi connectivity index (χ0v) is 10.1. The first-order valence-electron chi connectivity index (χ1n) is 6.43. The molecule has 3 heterocycles. The lowest BCUT2D eigenvalue weighted by molar-refractivity contribution is 0.183. The number of fused-ring (bicyclic) bond motifs is 1. The number of nitrogens with zero attached hydrogens (tertiary/aromatic N) is 5. The number of rotatable bonds is 3. The first kappa shape index (κ1) is 10.3. The molecule has 0 aromatic carbocycles. The summed E-state index contributed by atoms with van der Waals surface area (Å²) in [6.07, 6.45) is 6.31. The third-order valence-electron chi connectivity index (χ3n) is 3.61. The van der Waals surface area contributed by atoms with Crippen LogP contribution in [0.4, 0.5) is 0 Å². The van der Waals surface area contributed by atoms with Crippen LogP contribution in [0.25, 0.3) is 0 Å². The van der Waals surface area contributed by atoms with E-state index in [4.69, 9.17) is 4.52 Å². The molecule has 1 fully saturated rings. The van der Waals surface area contributed by atoms with Gasteiger partial charge < -0.3 is 9.09 Å². The highest BCUT2D eigenvalue weighted by molar-refractivity contribution is 5.03. The van der Waals surface area contributed by atoms with Crippen molar-refractivity contribution in [2.45, 2.75) is 38.4 Å². The minimum absolute atomic E-state index is 0.558. The predicted molar refractivity (Wildman–Crippen MR) is 62.6 cm³/mol. The molecular weight excluding hydrogens is 230 g/mol. The van der Waals surface area contributed by atoms with E-state index in [0.29, 0.717) is 5.92 Å². The van der Waals surface area contributed by atoms with Crippen LogP contribution < -0.4 is 0 Å². The van der Waals surface area contributed by atoms with E-state index < -0.39 is 0 Å². The molecule has 1 aliphatic carbocycles. The summed E-state index contributed by atoms with van der Waals surface area (Å²) in [5, 5.41) is 4.04. The van der Waals surface area contributed by atoms with Crippen molar-refractivity contribution < 1.29 is 4.52 Å². The van der Waals surface area contributed by atoms with E-state index in [2.05, 4.69) is 24.6 Å². The molecule has 0 saturated heterocycles. The van der Waals surface area contributed by atoms with E-state index in [1.807, 2.05) is 12.4 Å². The van der Waals surface area contributed by atoms with Crippen molar-refractivity contribution in [3.05, 3.63) is 29.9 Å². The van der Waals surface area contributed by atoms with Crippen LogP contribution in [0.5, 0.6) is 0 Å². The van der Waals surface area contributed by atoms with Gasteiger partial charge in [-0.15, -0.1) is 0 Å². The molecule has 0 spiro atoms. The number of imidazole rings is 1. The van der Waals surface area contributed by atoms with E-state index in [9.17, 15) is 0 Å². The molecule has 2 aromatic rings. The van der Waals surface area contributed by atoms with Crippen LogP contribution in [0.15, 0.2) is 16.9 Å². The van der Waals surface area contributed by atoms with Gasteiger partial charge in [-0.05, 0) is 12.8 Å². The Bertz CT molecular complexity index is 556. The Morgan fingerprint density at radius 2 is 2.28 bits per heavy atom. The van der Waals surface area contributed by atoms with Gasteiger partial charge in [0, 0.05) is 31.4 Å². The summed E-state index contributed by atoms with van der Waals surface area (Å²) >= 11 is 0. The van der Waals surface area contributed by atoms with Gasteiger partial charge in [0.2, 0.25) is 5.89 Å². The molecule has 2 aliphatic rings. The highest BCUT2D eigenvalue weighted by atomic mass is 16.5. The van der Waals surface area contributed by atoms with Crippen molar-refractivity contribution in [3.63, 3.8) is 0 Å².